The number of anilines is 1. The fraction of sp³-hybridized carbons (Fsp3) is 0.176. The van der Waals surface area contributed by atoms with Gasteiger partial charge in [0, 0.05) is 5.69 Å². The van der Waals surface area contributed by atoms with Gasteiger partial charge in [0.15, 0.2) is 0 Å². The first-order valence-electron chi connectivity index (χ1n) is 7.05. The topological polar surface area (TPSA) is 46.9 Å². The molecule has 2 aromatic carbocycles. The fourth-order valence-electron chi connectivity index (χ4n) is 2.43. The van der Waals surface area contributed by atoms with Crippen molar-refractivity contribution in [1.82, 2.24) is 9.55 Å². The Morgan fingerprint density at radius 3 is 2.76 bits per heavy atom. The van der Waals surface area contributed by atoms with Crippen LogP contribution in [0.3, 0.4) is 0 Å². The van der Waals surface area contributed by atoms with Gasteiger partial charge in [0.05, 0.1) is 17.4 Å². The predicted molar refractivity (Wildman–Crippen MR) is 84.2 cm³/mol. The minimum atomic E-state index is -0.0425. The van der Waals surface area contributed by atoms with Crippen LogP contribution in [0.15, 0.2) is 54.9 Å². The first kappa shape index (κ1) is 13.4. The Kier molecular flexibility index (Phi) is 3.69. The first-order valence-corrected chi connectivity index (χ1v) is 7.05. The third-order valence-electron chi connectivity index (χ3n) is 3.51. The summed E-state index contributed by atoms with van der Waals surface area (Å²) in [7, 11) is 0. The zero-order valence-corrected chi connectivity index (χ0v) is 11.9. The molecular weight excluding hydrogens is 262 g/mol. The maximum atomic E-state index is 12.2. The second-order valence-electron chi connectivity index (χ2n) is 4.92. The summed E-state index contributed by atoms with van der Waals surface area (Å²) < 4.78 is 1.86. The zero-order valence-electron chi connectivity index (χ0n) is 11.9. The van der Waals surface area contributed by atoms with E-state index < -0.39 is 0 Å². The SMILES string of the molecule is CCc1ccccc1NC(=O)Cn1cnc2ccccc21. The predicted octanol–water partition coefficient (Wildman–Crippen LogP) is 3.24. The molecule has 0 saturated heterocycles. The normalized spacial score (nSPS) is 10.7. The molecule has 4 heteroatoms. The maximum Gasteiger partial charge on any atom is 0.244 e. The van der Waals surface area contributed by atoms with Crippen molar-refractivity contribution in [2.45, 2.75) is 19.9 Å². The fourth-order valence-corrected chi connectivity index (χ4v) is 2.43. The molecule has 1 aromatic heterocycles. The van der Waals surface area contributed by atoms with E-state index in [1.54, 1.807) is 6.33 Å². The number of amides is 1. The lowest BCUT2D eigenvalue weighted by Crippen LogP contribution is -2.19. The molecule has 0 aliphatic heterocycles. The van der Waals surface area contributed by atoms with Gasteiger partial charge in [-0.2, -0.15) is 0 Å². The summed E-state index contributed by atoms with van der Waals surface area (Å²) in [6, 6.07) is 15.7. The maximum absolute atomic E-state index is 12.2. The Morgan fingerprint density at radius 1 is 1.14 bits per heavy atom. The van der Waals surface area contributed by atoms with Gasteiger partial charge in [-0.3, -0.25) is 4.79 Å². The van der Waals surface area contributed by atoms with Crippen LogP contribution in [-0.2, 0) is 17.8 Å². The molecule has 0 aliphatic carbocycles. The van der Waals surface area contributed by atoms with E-state index in [2.05, 4.69) is 17.2 Å². The summed E-state index contributed by atoms with van der Waals surface area (Å²) >= 11 is 0. The Bertz CT molecular complexity index is 776. The van der Waals surface area contributed by atoms with Gasteiger partial charge in [-0.15, -0.1) is 0 Å². The molecule has 0 radical (unpaired) electrons. The van der Waals surface area contributed by atoms with Crippen LogP contribution in [0.1, 0.15) is 12.5 Å². The van der Waals surface area contributed by atoms with Crippen LogP contribution in [-0.4, -0.2) is 15.5 Å². The van der Waals surface area contributed by atoms with E-state index in [9.17, 15) is 4.79 Å². The largest absolute Gasteiger partial charge is 0.324 e. The molecule has 4 nitrogen and oxygen atoms in total. The van der Waals surface area contributed by atoms with Gasteiger partial charge in [0.1, 0.15) is 6.54 Å². The van der Waals surface area contributed by atoms with Crippen LogP contribution in [0.25, 0.3) is 11.0 Å². The van der Waals surface area contributed by atoms with E-state index in [0.717, 1.165) is 28.7 Å². The standard InChI is InChI=1S/C17H17N3O/c1-2-13-7-3-4-8-14(13)19-17(21)11-20-12-18-15-9-5-6-10-16(15)20/h3-10,12H,2,11H2,1H3,(H,19,21). The number of hydrogen-bond acceptors (Lipinski definition) is 2. The third kappa shape index (κ3) is 2.79. The van der Waals surface area contributed by atoms with Crippen molar-refractivity contribution in [3.05, 3.63) is 60.4 Å². The summed E-state index contributed by atoms with van der Waals surface area (Å²) in [4.78, 5) is 16.5. The Labute approximate surface area is 123 Å². The molecule has 21 heavy (non-hydrogen) atoms. The lowest BCUT2D eigenvalue weighted by atomic mass is 10.1. The van der Waals surface area contributed by atoms with Crippen molar-refractivity contribution < 1.29 is 4.79 Å². The number of rotatable bonds is 4. The number of imidazole rings is 1. The van der Waals surface area contributed by atoms with Crippen LogP contribution < -0.4 is 5.32 Å². The highest BCUT2D eigenvalue weighted by Crippen LogP contribution is 2.16. The Morgan fingerprint density at radius 2 is 1.90 bits per heavy atom. The number of aryl methyl sites for hydroxylation is 1. The molecule has 1 heterocycles. The van der Waals surface area contributed by atoms with Gasteiger partial charge < -0.3 is 9.88 Å². The molecule has 106 valence electrons. The van der Waals surface area contributed by atoms with Crippen LogP contribution in [0.4, 0.5) is 5.69 Å². The van der Waals surface area contributed by atoms with Gasteiger partial charge in [-0.05, 0) is 30.2 Å². The van der Waals surface area contributed by atoms with Crippen LogP contribution in [0, 0.1) is 0 Å². The molecule has 0 fully saturated rings. The number of nitrogens with one attached hydrogen (secondary N) is 1. The lowest BCUT2D eigenvalue weighted by Gasteiger charge is -2.10. The second kappa shape index (κ2) is 5.79. The zero-order chi connectivity index (χ0) is 14.7. The van der Waals surface area contributed by atoms with Crippen molar-refractivity contribution in [1.29, 1.82) is 0 Å². The molecule has 3 rings (SSSR count). The van der Waals surface area contributed by atoms with Crippen molar-refractivity contribution in [3.8, 4) is 0 Å². The van der Waals surface area contributed by atoms with E-state index in [-0.39, 0.29) is 12.5 Å². The van der Waals surface area contributed by atoms with E-state index in [0.29, 0.717) is 0 Å². The second-order valence-corrected chi connectivity index (χ2v) is 4.92. The van der Waals surface area contributed by atoms with Gasteiger partial charge in [-0.25, -0.2) is 4.98 Å². The number of carbonyl (C=O) groups excluding carboxylic acids is 1. The van der Waals surface area contributed by atoms with Gasteiger partial charge in [0.25, 0.3) is 0 Å². The number of carbonyl (C=O) groups is 1. The van der Waals surface area contributed by atoms with Gasteiger partial charge in [0.2, 0.25) is 5.91 Å². The van der Waals surface area contributed by atoms with Crippen molar-refractivity contribution in [2.24, 2.45) is 0 Å². The average Bonchev–Trinajstić information content (AvgIpc) is 2.91. The highest BCUT2D eigenvalue weighted by molar-refractivity contribution is 5.92. The third-order valence-corrected chi connectivity index (χ3v) is 3.51. The van der Waals surface area contributed by atoms with Crippen LogP contribution >= 0.6 is 0 Å². The lowest BCUT2D eigenvalue weighted by molar-refractivity contribution is -0.116. The molecule has 0 aliphatic rings. The van der Waals surface area contributed by atoms with Crippen molar-refractivity contribution >= 4 is 22.6 Å². The number of para-hydroxylation sites is 3. The van der Waals surface area contributed by atoms with Crippen molar-refractivity contribution in [2.75, 3.05) is 5.32 Å². The Balaban J connectivity index is 1.77. The van der Waals surface area contributed by atoms with E-state index >= 15 is 0 Å². The molecular formula is C17H17N3O. The quantitative estimate of drug-likeness (QED) is 0.797. The summed E-state index contributed by atoms with van der Waals surface area (Å²) in [5.74, 6) is -0.0425. The van der Waals surface area contributed by atoms with E-state index in [1.165, 1.54) is 0 Å². The smallest absolute Gasteiger partial charge is 0.244 e. The highest BCUT2D eigenvalue weighted by atomic mass is 16.1. The van der Waals surface area contributed by atoms with E-state index in [1.807, 2.05) is 53.1 Å². The molecule has 0 saturated carbocycles. The number of fused-ring (bicyclic) bond motifs is 1. The van der Waals surface area contributed by atoms with Crippen LogP contribution in [0.5, 0.6) is 0 Å². The first-order chi connectivity index (χ1) is 10.3. The van der Waals surface area contributed by atoms with Gasteiger partial charge >= 0.3 is 0 Å². The molecule has 1 amide bonds. The number of benzene rings is 2. The summed E-state index contributed by atoms with van der Waals surface area (Å²) in [6.45, 7) is 2.34. The molecule has 0 unspecified atom stereocenters. The molecule has 0 spiro atoms. The minimum Gasteiger partial charge on any atom is -0.324 e. The number of aromatic nitrogens is 2. The number of nitrogens with zero attached hydrogens (tertiary/aromatic N) is 2. The molecule has 0 atom stereocenters. The molecule has 3 aromatic rings. The molecule has 0 bridgehead atoms. The van der Waals surface area contributed by atoms with Gasteiger partial charge in [-0.1, -0.05) is 37.3 Å². The highest BCUT2D eigenvalue weighted by Gasteiger charge is 2.08. The minimum absolute atomic E-state index is 0.0425. The summed E-state index contributed by atoms with van der Waals surface area (Å²) in [6.07, 6.45) is 2.60. The van der Waals surface area contributed by atoms with Crippen molar-refractivity contribution in [3.63, 3.8) is 0 Å². The average molecular weight is 279 g/mol. The molecule has 1 N–H and O–H groups in total. The summed E-state index contributed by atoms with van der Waals surface area (Å²) in [5.41, 5.74) is 3.89. The monoisotopic (exact) mass is 279 g/mol. The van der Waals surface area contributed by atoms with E-state index in [4.69, 9.17) is 0 Å². The summed E-state index contributed by atoms with van der Waals surface area (Å²) in [5, 5.41) is 2.98. The number of hydrogen-bond donors (Lipinski definition) is 1. The Hall–Kier alpha value is -2.62. The van der Waals surface area contributed by atoms with Crippen LogP contribution in [0.2, 0.25) is 0 Å².